The molecule has 1 N–H and O–H groups in total. The first-order valence-corrected chi connectivity index (χ1v) is 11.0. The number of benzene rings is 1. The van der Waals surface area contributed by atoms with Crippen LogP contribution in [0.1, 0.15) is 57.7 Å². The lowest BCUT2D eigenvalue weighted by molar-refractivity contribution is -0.116. The number of sulfonamides is 1. The molecule has 1 aromatic heterocycles. The molecular weight excluding hydrogens is 376 g/mol. The highest BCUT2D eigenvalue weighted by Gasteiger charge is 2.34. The van der Waals surface area contributed by atoms with Gasteiger partial charge in [-0.05, 0) is 41.7 Å². The third-order valence-corrected chi connectivity index (χ3v) is 6.52. The van der Waals surface area contributed by atoms with Gasteiger partial charge in [0, 0.05) is 25.6 Å². The second-order valence-corrected chi connectivity index (χ2v) is 10.0. The van der Waals surface area contributed by atoms with Gasteiger partial charge >= 0.3 is 0 Å². The van der Waals surface area contributed by atoms with E-state index in [4.69, 9.17) is 4.42 Å². The smallest absolute Gasteiger partial charge is 0.241 e. The molecule has 1 aliphatic heterocycles. The summed E-state index contributed by atoms with van der Waals surface area (Å²) in [4.78, 5) is 13.6. The Morgan fingerprint density at radius 2 is 1.96 bits per heavy atom. The van der Waals surface area contributed by atoms with Gasteiger partial charge in [-0.15, -0.1) is 0 Å². The molecule has 2 aromatic rings. The van der Waals surface area contributed by atoms with E-state index in [1.54, 1.807) is 23.1 Å². The number of furan rings is 1. The van der Waals surface area contributed by atoms with Gasteiger partial charge in [0.1, 0.15) is 11.5 Å². The van der Waals surface area contributed by atoms with Crippen molar-refractivity contribution in [2.24, 2.45) is 5.41 Å². The molecule has 1 aliphatic rings. The first-order chi connectivity index (χ1) is 13.0. The number of hydrogen-bond donors (Lipinski definition) is 1. The van der Waals surface area contributed by atoms with E-state index in [2.05, 4.69) is 4.72 Å². The summed E-state index contributed by atoms with van der Waals surface area (Å²) in [5.74, 6) is 1.33. The zero-order chi connectivity index (χ0) is 20.7. The molecule has 0 saturated heterocycles. The van der Waals surface area contributed by atoms with E-state index in [1.807, 2.05) is 39.8 Å². The highest BCUT2D eigenvalue weighted by molar-refractivity contribution is 7.89. The molecule has 0 saturated carbocycles. The number of carbonyl (C=O) groups excluding carboxylic acids is 1. The maximum Gasteiger partial charge on any atom is 0.241 e. The Hall–Kier alpha value is -2.12. The van der Waals surface area contributed by atoms with Gasteiger partial charge in [-0.2, -0.15) is 4.72 Å². The monoisotopic (exact) mass is 404 g/mol. The highest BCUT2D eigenvalue weighted by Crippen LogP contribution is 2.36. The molecule has 2 heterocycles. The Morgan fingerprint density at radius 3 is 2.54 bits per heavy atom. The van der Waals surface area contributed by atoms with E-state index in [1.165, 1.54) is 6.92 Å². The topological polar surface area (TPSA) is 79.6 Å². The molecule has 1 atom stereocenters. The maximum absolute atomic E-state index is 13.2. The Labute approximate surface area is 167 Å². The Morgan fingerprint density at radius 1 is 1.25 bits per heavy atom. The summed E-state index contributed by atoms with van der Waals surface area (Å²) in [5, 5.41) is 0. The SMILES string of the molecule is CCc1ccc(C(NS(=O)(=O)c2ccc3c(c2)N(C(C)=O)CC3)C(C)(C)C)o1. The molecule has 1 unspecified atom stereocenters. The van der Waals surface area contributed by atoms with Crippen LogP contribution < -0.4 is 9.62 Å². The molecule has 0 bridgehead atoms. The van der Waals surface area contributed by atoms with Gasteiger partial charge in [-0.1, -0.05) is 33.8 Å². The van der Waals surface area contributed by atoms with Crippen LogP contribution >= 0.6 is 0 Å². The van der Waals surface area contributed by atoms with Crippen LogP contribution in [0.4, 0.5) is 5.69 Å². The van der Waals surface area contributed by atoms with Crippen molar-refractivity contribution in [3.8, 4) is 0 Å². The Kier molecular flexibility index (Phi) is 5.42. The summed E-state index contributed by atoms with van der Waals surface area (Å²) in [7, 11) is -3.81. The van der Waals surface area contributed by atoms with Crippen molar-refractivity contribution in [2.45, 2.75) is 58.4 Å². The average molecular weight is 405 g/mol. The van der Waals surface area contributed by atoms with Crippen molar-refractivity contribution < 1.29 is 17.6 Å². The number of amides is 1. The fourth-order valence-corrected chi connectivity index (χ4v) is 4.91. The van der Waals surface area contributed by atoms with Crippen molar-refractivity contribution in [1.29, 1.82) is 0 Å². The largest absolute Gasteiger partial charge is 0.464 e. The molecule has 0 fully saturated rings. The van der Waals surface area contributed by atoms with Gasteiger partial charge in [0.2, 0.25) is 15.9 Å². The van der Waals surface area contributed by atoms with Crippen molar-refractivity contribution in [1.82, 2.24) is 4.72 Å². The first-order valence-electron chi connectivity index (χ1n) is 9.55. The summed E-state index contributed by atoms with van der Waals surface area (Å²) in [6.07, 6.45) is 1.48. The number of fused-ring (bicyclic) bond motifs is 1. The van der Waals surface area contributed by atoms with Crippen molar-refractivity contribution in [3.63, 3.8) is 0 Å². The Bertz CT molecular complexity index is 986. The fraction of sp³-hybridized carbons (Fsp3) is 0.476. The normalized spacial score (nSPS) is 15.5. The van der Waals surface area contributed by atoms with Gasteiger partial charge in [-0.3, -0.25) is 4.79 Å². The summed E-state index contributed by atoms with van der Waals surface area (Å²) >= 11 is 0. The van der Waals surface area contributed by atoms with Gasteiger partial charge < -0.3 is 9.32 Å². The van der Waals surface area contributed by atoms with Crippen LogP contribution in [0.2, 0.25) is 0 Å². The lowest BCUT2D eigenvalue weighted by atomic mass is 9.86. The quantitative estimate of drug-likeness (QED) is 0.822. The number of aryl methyl sites for hydroxylation is 1. The van der Waals surface area contributed by atoms with Crippen LogP contribution in [0.25, 0.3) is 0 Å². The lowest BCUT2D eigenvalue weighted by Gasteiger charge is -2.29. The standard InChI is InChI=1S/C21H28N2O4S/c1-6-16-8-10-19(27-16)20(21(3,4)5)22-28(25,26)17-9-7-15-11-12-23(14(2)24)18(15)13-17/h7-10,13,20,22H,6,11-12H2,1-5H3. The van der Waals surface area contributed by atoms with E-state index in [9.17, 15) is 13.2 Å². The summed E-state index contributed by atoms with van der Waals surface area (Å²) in [6.45, 7) is 9.96. The van der Waals surface area contributed by atoms with Crippen LogP contribution in [-0.4, -0.2) is 20.9 Å². The van der Waals surface area contributed by atoms with Gasteiger partial charge in [0.05, 0.1) is 10.9 Å². The second kappa shape index (κ2) is 7.37. The highest BCUT2D eigenvalue weighted by atomic mass is 32.2. The van der Waals surface area contributed by atoms with E-state index < -0.39 is 21.5 Å². The predicted molar refractivity (Wildman–Crippen MR) is 109 cm³/mol. The van der Waals surface area contributed by atoms with E-state index in [0.29, 0.717) is 18.0 Å². The molecule has 1 aromatic carbocycles. The Balaban J connectivity index is 1.95. The molecular formula is C21H28N2O4S. The number of hydrogen-bond acceptors (Lipinski definition) is 4. The second-order valence-electron chi connectivity index (χ2n) is 8.29. The average Bonchev–Trinajstić information content (AvgIpc) is 3.24. The lowest BCUT2D eigenvalue weighted by Crippen LogP contribution is -2.36. The first kappa shape index (κ1) is 20.6. The fourth-order valence-electron chi connectivity index (χ4n) is 3.48. The molecule has 0 spiro atoms. The molecule has 7 heteroatoms. The van der Waals surface area contributed by atoms with E-state index in [-0.39, 0.29) is 10.8 Å². The van der Waals surface area contributed by atoms with Crippen molar-refractivity contribution in [2.75, 3.05) is 11.4 Å². The summed E-state index contributed by atoms with van der Waals surface area (Å²) in [6, 6.07) is 8.17. The van der Waals surface area contributed by atoms with E-state index >= 15 is 0 Å². The predicted octanol–water partition coefficient (Wildman–Crippen LogP) is 3.82. The molecule has 3 rings (SSSR count). The number of carbonyl (C=O) groups is 1. The zero-order valence-electron chi connectivity index (χ0n) is 17.1. The van der Waals surface area contributed by atoms with Crippen LogP contribution in [0.3, 0.4) is 0 Å². The minimum Gasteiger partial charge on any atom is -0.464 e. The molecule has 0 radical (unpaired) electrons. The van der Waals surface area contributed by atoms with Crippen LogP contribution in [0.5, 0.6) is 0 Å². The minimum absolute atomic E-state index is 0.0866. The van der Waals surface area contributed by atoms with Gasteiger partial charge in [0.15, 0.2) is 0 Å². The molecule has 1 amide bonds. The molecule has 6 nitrogen and oxygen atoms in total. The maximum atomic E-state index is 13.2. The number of nitrogens with zero attached hydrogens (tertiary/aromatic N) is 1. The van der Waals surface area contributed by atoms with Gasteiger partial charge in [0.25, 0.3) is 0 Å². The van der Waals surface area contributed by atoms with Crippen LogP contribution in [0, 0.1) is 5.41 Å². The zero-order valence-corrected chi connectivity index (χ0v) is 17.9. The van der Waals surface area contributed by atoms with E-state index in [0.717, 1.165) is 24.2 Å². The van der Waals surface area contributed by atoms with Gasteiger partial charge in [-0.25, -0.2) is 8.42 Å². The number of anilines is 1. The minimum atomic E-state index is -3.81. The number of rotatable bonds is 5. The van der Waals surface area contributed by atoms with Crippen LogP contribution in [0.15, 0.2) is 39.6 Å². The summed E-state index contributed by atoms with van der Waals surface area (Å²) in [5.41, 5.74) is 1.27. The van der Waals surface area contributed by atoms with Crippen LogP contribution in [-0.2, 0) is 27.7 Å². The number of nitrogens with one attached hydrogen (secondary N) is 1. The third-order valence-electron chi connectivity index (χ3n) is 5.10. The summed E-state index contributed by atoms with van der Waals surface area (Å²) < 4.78 is 35.0. The molecule has 0 aliphatic carbocycles. The third kappa shape index (κ3) is 4.00. The van der Waals surface area contributed by atoms with Crippen molar-refractivity contribution in [3.05, 3.63) is 47.4 Å². The molecule has 152 valence electrons. The van der Waals surface area contributed by atoms with Crippen molar-refractivity contribution >= 4 is 21.6 Å². The molecule has 28 heavy (non-hydrogen) atoms.